The molecular formula is C13H24N2O3. The molecule has 0 spiro atoms. The van der Waals surface area contributed by atoms with E-state index >= 15 is 0 Å². The second-order valence-corrected chi connectivity index (χ2v) is 5.52. The zero-order valence-electron chi connectivity index (χ0n) is 11.3. The van der Waals surface area contributed by atoms with Crippen LogP contribution in [0.1, 0.15) is 39.5 Å². The van der Waals surface area contributed by atoms with Crippen LogP contribution in [0.3, 0.4) is 0 Å². The number of amides is 1. The second kappa shape index (κ2) is 6.73. The Hall–Kier alpha value is -1.10. The van der Waals surface area contributed by atoms with E-state index in [2.05, 4.69) is 13.8 Å². The molecule has 1 amide bonds. The number of rotatable bonds is 6. The summed E-state index contributed by atoms with van der Waals surface area (Å²) < 4.78 is 0. The number of nitrogens with two attached hydrogens (primary N) is 1. The van der Waals surface area contributed by atoms with Crippen LogP contribution in [0.15, 0.2) is 0 Å². The number of carbonyl (C=O) groups is 2. The first-order valence-electron chi connectivity index (χ1n) is 6.68. The molecular weight excluding hydrogens is 232 g/mol. The number of aliphatic carboxylic acids is 1. The maximum atomic E-state index is 12.1. The van der Waals surface area contributed by atoms with Crippen LogP contribution in [-0.2, 0) is 9.59 Å². The standard InChI is InChI=1S/C13H24N2O3/c1-9(2)6-10(8-14)7-12(16)15-5-3-4-11(15)13(17)18/h9-11H,3-8,14H2,1-2H3,(H,17,18)/t10-,11+/m0/s1. The fourth-order valence-corrected chi connectivity index (χ4v) is 2.62. The number of carboxylic acids is 1. The predicted octanol–water partition coefficient (Wildman–Crippen LogP) is 1.07. The van der Waals surface area contributed by atoms with Crippen molar-refractivity contribution in [2.75, 3.05) is 13.1 Å². The number of nitrogens with zero attached hydrogens (tertiary/aromatic N) is 1. The van der Waals surface area contributed by atoms with Gasteiger partial charge in [0.2, 0.25) is 5.91 Å². The summed E-state index contributed by atoms with van der Waals surface area (Å²) in [5.41, 5.74) is 5.68. The molecule has 18 heavy (non-hydrogen) atoms. The molecule has 104 valence electrons. The van der Waals surface area contributed by atoms with Gasteiger partial charge in [-0.2, -0.15) is 0 Å². The molecule has 1 heterocycles. The predicted molar refractivity (Wildman–Crippen MR) is 69.0 cm³/mol. The first-order chi connectivity index (χ1) is 8.45. The van der Waals surface area contributed by atoms with E-state index in [0.717, 1.165) is 12.8 Å². The Bertz CT molecular complexity index is 305. The molecule has 0 unspecified atom stereocenters. The van der Waals surface area contributed by atoms with Gasteiger partial charge in [-0.05, 0) is 37.6 Å². The van der Waals surface area contributed by atoms with Gasteiger partial charge < -0.3 is 15.7 Å². The van der Waals surface area contributed by atoms with E-state index < -0.39 is 12.0 Å². The third kappa shape index (κ3) is 3.98. The highest BCUT2D eigenvalue weighted by Gasteiger charge is 2.34. The molecule has 1 aliphatic heterocycles. The van der Waals surface area contributed by atoms with Gasteiger partial charge in [0.1, 0.15) is 6.04 Å². The van der Waals surface area contributed by atoms with Gasteiger partial charge in [-0.15, -0.1) is 0 Å². The van der Waals surface area contributed by atoms with Gasteiger partial charge in [0.15, 0.2) is 0 Å². The topological polar surface area (TPSA) is 83.6 Å². The van der Waals surface area contributed by atoms with Gasteiger partial charge in [0, 0.05) is 13.0 Å². The third-order valence-corrected chi connectivity index (χ3v) is 3.46. The van der Waals surface area contributed by atoms with Crippen molar-refractivity contribution < 1.29 is 14.7 Å². The average molecular weight is 256 g/mol. The van der Waals surface area contributed by atoms with Gasteiger partial charge in [0.25, 0.3) is 0 Å². The molecule has 1 rings (SSSR count). The van der Waals surface area contributed by atoms with Crippen LogP contribution in [0.2, 0.25) is 0 Å². The van der Waals surface area contributed by atoms with E-state index in [1.165, 1.54) is 4.90 Å². The summed E-state index contributed by atoms with van der Waals surface area (Å²) in [6.45, 7) is 5.25. The minimum Gasteiger partial charge on any atom is -0.480 e. The van der Waals surface area contributed by atoms with Crippen molar-refractivity contribution in [3.8, 4) is 0 Å². The number of hydrogen-bond acceptors (Lipinski definition) is 3. The minimum absolute atomic E-state index is 0.0593. The number of carbonyl (C=O) groups excluding carboxylic acids is 1. The number of carboxylic acid groups (broad SMARTS) is 1. The van der Waals surface area contributed by atoms with E-state index in [9.17, 15) is 9.59 Å². The smallest absolute Gasteiger partial charge is 0.326 e. The Morgan fingerprint density at radius 1 is 1.44 bits per heavy atom. The lowest BCUT2D eigenvalue weighted by Crippen LogP contribution is -2.41. The molecule has 5 nitrogen and oxygen atoms in total. The van der Waals surface area contributed by atoms with Crippen molar-refractivity contribution in [1.29, 1.82) is 0 Å². The monoisotopic (exact) mass is 256 g/mol. The highest BCUT2D eigenvalue weighted by Crippen LogP contribution is 2.22. The zero-order valence-corrected chi connectivity index (χ0v) is 11.3. The molecule has 5 heteroatoms. The molecule has 0 aromatic carbocycles. The fourth-order valence-electron chi connectivity index (χ4n) is 2.62. The first-order valence-corrected chi connectivity index (χ1v) is 6.68. The van der Waals surface area contributed by atoms with Crippen molar-refractivity contribution >= 4 is 11.9 Å². The van der Waals surface area contributed by atoms with Crippen LogP contribution in [0, 0.1) is 11.8 Å². The molecule has 0 aliphatic carbocycles. The van der Waals surface area contributed by atoms with Gasteiger partial charge in [-0.1, -0.05) is 13.8 Å². The lowest BCUT2D eigenvalue weighted by Gasteiger charge is -2.24. The second-order valence-electron chi connectivity index (χ2n) is 5.52. The Labute approximate surface area is 108 Å². The van der Waals surface area contributed by atoms with Crippen LogP contribution in [0.25, 0.3) is 0 Å². The minimum atomic E-state index is -0.894. The molecule has 0 aromatic rings. The van der Waals surface area contributed by atoms with E-state index in [1.54, 1.807) is 0 Å². The Morgan fingerprint density at radius 3 is 2.61 bits per heavy atom. The van der Waals surface area contributed by atoms with Crippen molar-refractivity contribution in [3.63, 3.8) is 0 Å². The molecule has 0 saturated carbocycles. The van der Waals surface area contributed by atoms with E-state index in [0.29, 0.717) is 31.8 Å². The van der Waals surface area contributed by atoms with Crippen LogP contribution < -0.4 is 5.73 Å². The summed E-state index contributed by atoms with van der Waals surface area (Å²) in [5, 5.41) is 9.05. The maximum Gasteiger partial charge on any atom is 0.326 e. The van der Waals surface area contributed by atoms with Crippen LogP contribution >= 0.6 is 0 Å². The molecule has 2 atom stereocenters. The van der Waals surface area contributed by atoms with E-state index in [-0.39, 0.29) is 11.8 Å². The van der Waals surface area contributed by atoms with Gasteiger partial charge in [-0.3, -0.25) is 4.79 Å². The highest BCUT2D eigenvalue weighted by molar-refractivity contribution is 5.84. The van der Waals surface area contributed by atoms with Crippen LogP contribution in [-0.4, -0.2) is 41.0 Å². The summed E-state index contributed by atoms with van der Waals surface area (Å²) >= 11 is 0. The molecule has 0 radical (unpaired) electrons. The number of likely N-dealkylation sites (tertiary alicyclic amines) is 1. The van der Waals surface area contributed by atoms with Gasteiger partial charge in [-0.25, -0.2) is 4.79 Å². The van der Waals surface area contributed by atoms with Crippen LogP contribution in [0.5, 0.6) is 0 Å². The molecule has 0 aromatic heterocycles. The Balaban J connectivity index is 2.55. The summed E-state index contributed by atoms with van der Waals surface area (Å²) in [5.74, 6) is -0.294. The molecule has 1 fully saturated rings. The molecule has 0 bridgehead atoms. The Morgan fingerprint density at radius 2 is 2.11 bits per heavy atom. The van der Waals surface area contributed by atoms with E-state index in [4.69, 9.17) is 10.8 Å². The van der Waals surface area contributed by atoms with Gasteiger partial charge in [0.05, 0.1) is 0 Å². The lowest BCUT2D eigenvalue weighted by molar-refractivity contribution is -0.148. The van der Waals surface area contributed by atoms with Crippen molar-refractivity contribution in [1.82, 2.24) is 4.90 Å². The summed E-state index contributed by atoms with van der Waals surface area (Å²) in [6, 6.07) is -0.630. The summed E-state index contributed by atoms with van der Waals surface area (Å²) in [6.07, 6.45) is 2.63. The Kier molecular flexibility index (Phi) is 5.59. The average Bonchev–Trinajstić information content (AvgIpc) is 2.76. The molecule has 3 N–H and O–H groups in total. The quantitative estimate of drug-likeness (QED) is 0.744. The zero-order chi connectivity index (χ0) is 13.7. The summed E-state index contributed by atoms with van der Waals surface area (Å²) in [4.78, 5) is 24.7. The number of hydrogen-bond donors (Lipinski definition) is 2. The van der Waals surface area contributed by atoms with Gasteiger partial charge >= 0.3 is 5.97 Å². The van der Waals surface area contributed by atoms with Crippen molar-refractivity contribution in [3.05, 3.63) is 0 Å². The molecule has 1 saturated heterocycles. The van der Waals surface area contributed by atoms with E-state index in [1.807, 2.05) is 0 Å². The molecule has 1 aliphatic rings. The largest absolute Gasteiger partial charge is 0.480 e. The fraction of sp³-hybridized carbons (Fsp3) is 0.846. The normalized spacial score (nSPS) is 21.3. The van der Waals surface area contributed by atoms with Crippen LogP contribution in [0.4, 0.5) is 0 Å². The third-order valence-electron chi connectivity index (χ3n) is 3.46. The van der Waals surface area contributed by atoms with Crippen molar-refractivity contribution in [2.45, 2.75) is 45.6 Å². The first kappa shape index (κ1) is 15.0. The summed E-state index contributed by atoms with van der Waals surface area (Å²) in [7, 11) is 0. The maximum absolute atomic E-state index is 12.1. The lowest BCUT2D eigenvalue weighted by atomic mass is 9.93. The van der Waals surface area contributed by atoms with Crippen molar-refractivity contribution in [2.24, 2.45) is 17.6 Å². The SMILES string of the molecule is CC(C)C[C@H](CN)CC(=O)N1CCC[C@@H]1C(=O)O. The highest BCUT2D eigenvalue weighted by atomic mass is 16.4.